The Kier molecular flexibility index (Phi) is 5.15. The van der Waals surface area contributed by atoms with Gasteiger partial charge in [0.15, 0.2) is 5.78 Å². The number of hydrogen-bond acceptors (Lipinski definition) is 4. The molecule has 0 aliphatic carbocycles. The zero-order valence-electron chi connectivity index (χ0n) is 12.7. The number of carbonyl (C=O) groups excluding carboxylic acids is 1. The van der Waals surface area contributed by atoms with Crippen LogP contribution in [-0.4, -0.2) is 56.5 Å². The highest BCUT2D eigenvalue weighted by Gasteiger charge is 2.19. The monoisotopic (exact) mass is 275 g/mol. The van der Waals surface area contributed by atoms with Crippen LogP contribution in [0.15, 0.2) is 24.3 Å². The van der Waals surface area contributed by atoms with Crippen molar-refractivity contribution in [3.05, 3.63) is 29.8 Å². The Hall–Kier alpha value is -1.39. The van der Waals surface area contributed by atoms with Gasteiger partial charge in [-0.05, 0) is 45.2 Å². The number of likely N-dealkylation sites (N-methyl/N-ethyl adjacent to an activating group) is 1. The molecule has 20 heavy (non-hydrogen) atoms. The van der Waals surface area contributed by atoms with Crippen LogP contribution in [0.4, 0.5) is 5.69 Å². The molecular formula is C16H25N3O. The van der Waals surface area contributed by atoms with E-state index in [2.05, 4.69) is 41.1 Å². The van der Waals surface area contributed by atoms with Crippen LogP contribution >= 0.6 is 0 Å². The third-order valence-corrected chi connectivity index (χ3v) is 3.94. The number of rotatable bonds is 5. The van der Waals surface area contributed by atoms with Crippen molar-refractivity contribution in [3.63, 3.8) is 0 Å². The maximum atomic E-state index is 11.8. The van der Waals surface area contributed by atoms with E-state index in [1.54, 1.807) is 7.05 Å². The molecule has 0 unspecified atom stereocenters. The quantitative estimate of drug-likeness (QED) is 0.828. The molecule has 1 N–H and O–H groups in total. The summed E-state index contributed by atoms with van der Waals surface area (Å²) in [5.74, 6) is 0.142. The topological polar surface area (TPSA) is 35.6 Å². The lowest BCUT2D eigenvalue weighted by Gasteiger charge is -2.38. The first-order chi connectivity index (χ1) is 9.61. The van der Waals surface area contributed by atoms with Crippen molar-refractivity contribution >= 4 is 11.5 Å². The van der Waals surface area contributed by atoms with E-state index < -0.39 is 0 Å². The zero-order chi connectivity index (χ0) is 14.5. The lowest BCUT2D eigenvalue weighted by atomic mass is 10.1. The first kappa shape index (κ1) is 15.0. The highest BCUT2D eigenvalue weighted by molar-refractivity contribution is 5.97. The summed E-state index contributed by atoms with van der Waals surface area (Å²) < 4.78 is 0. The molecule has 2 rings (SSSR count). The zero-order valence-corrected chi connectivity index (χ0v) is 12.7. The number of benzene rings is 1. The van der Waals surface area contributed by atoms with Crippen LogP contribution in [0.2, 0.25) is 0 Å². The lowest BCUT2D eigenvalue weighted by molar-refractivity contribution is 0.0993. The molecule has 0 atom stereocenters. The highest BCUT2D eigenvalue weighted by atomic mass is 16.1. The summed E-state index contributed by atoms with van der Waals surface area (Å²) in [7, 11) is 1.79. The molecule has 1 fully saturated rings. The van der Waals surface area contributed by atoms with Gasteiger partial charge in [-0.3, -0.25) is 9.69 Å². The summed E-state index contributed by atoms with van der Waals surface area (Å²) >= 11 is 0. The molecule has 4 heteroatoms. The van der Waals surface area contributed by atoms with Crippen molar-refractivity contribution in [2.45, 2.75) is 19.9 Å². The number of nitrogens with one attached hydrogen (secondary N) is 1. The van der Waals surface area contributed by atoms with E-state index in [9.17, 15) is 4.79 Å². The summed E-state index contributed by atoms with van der Waals surface area (Å²) in [6, 6.07) is 8.62. The minimum absolute atomic E-state index is 0.142. The maximum Gasteiger partial charge on any atom is 0.176 e. The van der Waals surface area contributed by atoms with E-state index in [0.717, 1.165) is 31.7 Å². The fraction of sp³-hybridized carbons (Fsp3) is 0.562. The fourth-order valence-corrected chi connectivity index (χ4v) is 2.62. The summed E-state index contributed by atoms with van der Waals surface area (Å²) in [4.78, 5) is 16.7. The number of hydrogen-bond donors (Lipinski definition) is 1. The molecule has 1 heterocycles. The van der Waals surface area contributed by atoms with Gasteiger partial charge in [0, 0.05) is 43.5 Å². The second-order valence-corrected chi connectivity index (χ2v) is 5.62. The summed E-state index contributed by atoms with van der Waals surface area (Å²) in [6.07, 6.45) is 0. The van der Waals surface area contributed by atoms with E-state index >= 15 is 0 Å². The Labute approximate surface area is 121 Å². The van der Waals surface area contributed by atoms with Gasteiger partial charge in [0.05, 0.1) is 6.54 Å². The highest BCUT2D eigenvalue weighted by Crippen LogP contribution is 2.18. The molecule has 0 amide bonds. The van der Waals surface area contributed by atoms with Crippen molar-refractivity contribution in [2.24, 2.45) is 0 Å². The molecule has 1 aliphatic rings. The van der Waals surface area contributed by atoms with E-state index in [1.807, 2.05) is 12.1 Å². The molecule has 1 aromatic rings. The Morgan fingerprint density at radius 2 is 1.75 bits per heavy atom. The van der Waals surface area contributed by atoms with Gasteiger partial charge in [-0.15, -0.1) is 0 Å². The molecule has 110 valence electrons. The van der Waals surface area contributed by atoms with Crippen molar-refractivity contribution in [1.82, 2.24) is 10.2 Å². The average molecular weight is 275 g/mol. The minimum Gasteiger partial charge on any atom is -0.369 e. The van der Waals surface area contributed by atoms with Crippen LogP contribution in [0, 0.1) is 0 Å². The molecule has 0 saturated carbocycles. The molecular weight excluding hydrogens is 250 g/mol. The molecule has 0 aromatic heterocycles. The standard InChI is InChI=1S/C16H25N3O/c1-13(2)18-8-10-19(11-9-18)15-6-4-14(5-7-15)16(20)12-17-3/h4-7,13,17H,8-12H2,1-3H3. The molecule has 4 nitrogen and oxygen atoms in total. The van der Waals surface area contributed by atoms with Crippen molar-refractivity contribution in [2.75, 3.05) is 44.7 Å². The number of piperazine rings is 1. The van der Waals surface area contributed by atoms with E-state index in [0.29, 0.717) is 12.6 Å². The SMILES string of the molecule is CNCC(=O)c1ccc(N2CCN(C(C)C)CC2)cc1. The van der Waals surface area contributed by atoms with Gasteiger partial charge in [-0.1, -0.05) is 0 Å². The van der Waals surface area contributed by atoms with Gasteiger partial charge in [0.25, 0.3) is 0 Å². The molecule has 1 saturated heterocycles. The molecule has 0 spiro atoms. The first-order valence-electron chi connectivity index (χ1n) is 7.38. The van der Waals surface area contributed by atoms with Gasteiger partial charge in [-0.2, -0.15) is 0 Å². The van der Waals surface area contributed by atoms with Crippen LogP contribution in [0.3, 0.4) is 0 Å². The fourth-order valence-electron chi connectivity index (χ4n) is 2.62. The molecule has 0 bridgehead atoms. The van der Waals surface area contributed by atoms with Gasteiger partial charge < -0.3 is 10.2 Å². The van der Waals surface area contributed by atoms with Crippen LogP contribution in [-0.2, 0) is 0 Å². The largest absolute Gasteiger partial charge is 0.369 e. The summed E-state index contributed by atoms with van der Waals surface area (Å²) in [5.41, 5.74) is 2.00. The van der Waals surface area contributed by atoms with E-state index in [4.69, 9.17) is 0 Å². The van der Waals surface area contributed by atoms with E-state index in [1.165, 1.54) is 5.69 Å². The number of nitrogens with zero attached hydrogens (tertiary/aromatic N) is 2. The Morgan fingerprint density at radius 3 is 2.25 bits per heavy atom. The number of ketones is 1. The maximum absolute atomic E-state index is 11.8. The normalized spacial score (nSPS) is 16.7. The van der Waals surface area contributed by atoms with Crippen LogP contribution < -0.4 is 10.2 Å². The second kappa shape index (κ2) is 6.86. The third kappa shape index (κ3) is 3.58. The van der Waals surface area contributed by atoms with Crippen molar-refractivity contribution in [3.8, 4) is 0 Å². The Morgan fingerprint density at radius 1 is 1.15 bits per heavy atom. The lowest BCUT2D eigenvalue weighted by Crippen LogP contribution is -2.48. The van der Waals surface area contributed by atoms with Gasteiger partial charge in [0.1, 0.15) is 0 Å². The van der Waals surface area contributed by atoms with Crippen LogP contribution in [0.25, 0.3) is 0 Å². The van der Waals surface area contributed by atoms with E-state index in [-0.39, 0.29) is 5.78 Å². The van der Waals surface area contributed by atoms with Crippen LogP contribution in [0.1, 0.15) is 24.2 Å². The predicted octanol–water partition coefficient (Wildman–Crippen LogP) is 1.62. The average Bonchev–Trinajstić information content (AvgIpc) is 2.48. The van der Waals surface area contributed by atoms with Gasteiger partial charge in [0.2, 0.25) is 0 Å². The predicted molar refractivity (Wildman–Crippen MR) is 83.6 cm³/mol. The summed E-state index contributed by atoms with van der Waals surface area (Å²) in [5, 5.41) is 2.89. The van der Waals surface area contributed by atoms with Crippen LogP contribution in [0.5, 0.6) is 0 Å². The summed E-state index contributed by atoms with van der Waals surface area (Å²) in [6.45, 7) is 9.22. The van der Waals surface area contributed by atoms with Gasteiger partial charge in [-0.25, -0.2) is 0 Å². The minimum atomic E-state index is 0.142. The second-order valence-electron chi connectivity index (χ2n) is 5.62. The molecule has 1 aliphatic heterocycles. The molecule has 0 radical (unpaired) electrons. The Balaban J connectivity index is 1.96. The number of anilines is 1. The number of carbonyl (C=O) groups is 1. The molecule has 1 aromatic carbocycles. The third-order valence-electron chi connectivity index (χ3n) is 3.94. The number of Topliss-reactive ketones (excluding diaryl/α,β-unsaturated/α-hetero) is 1. The van der Waals surface area contributed by atoms with Gasteiger partial charge >= 0.3 is 0 Å². The first-order valence-corrected chi connectivity index (χ1v) is 7.38. The smallest absolute Gasteiger partial charge is 0.176 e. The van der Waals surface area contributed by atoms with Crippen molar-refractivity contribution in [1.29, 1.82) is 0 Å². The van der Waals surface area contributed by atoms with Crippen molar-refractivity contribution < 1.29 is 4.79 Å². The Bertz CT molecular complexity index is 434.